The molecule has 3 aromatic rings. The number of rotatable bonds is 3. The van der Waals surface area contributed by atoms with Crippen LogP contribution in [0.3, 0.4) is 0 Å². The van der Waals surface area contributed by atoms with Crippen molar-refractivity contribution in [2.75, 3.05) is 5.73 Å². The summed E-state index contributed by atoms with van der Waals surface area (Å²) in [6, 6.07) is 12.2. The van der Waals surface area contributed by atoms with Crippen LogP contribution >= 0.6 is 11.3 Å². The van der Waals surface area contributed by atoms with Crippen molar-refractivity contribution in [3.8, 4) is 10.6 Å². The van der Waals surface area contributed by atoms with Crippen molar-refractivity contribution < 1.29 is 0 Å². The average molecular weight is 293 g/mol. The second-order valence-electron chi connectivity index (χ2n) is 4.59. The largest absolute Gasteiger partial charge is 0.384 e. The van der Waals surface area contributed by atoms with E-state index in [0.29, 0.717) is 5.82 Å². The summed E-state index contributed by atoms with van der Waals surface area (Å²) < 4.78 is 0. The molecule has 0 saturated heterocycles. The van der Waals surface area contributed by atoms with Crippen LogP contribution in [0.2, 0.25) is 0 Å². The molecule has 0 aliphatic heterocycles. The van der Waals surface area contributed by atoms with Crippen LogP contribution in [0.25, 0.3) is 16.1 Å². The Bertz CT molecular complexity index is 742. The fourth-order valence-electron chi connectivity index (χ4n) is 2.22. The first-order chi connectivity index (χ1) is 10.3. The minimum absolute atomic E-state index is 0.535. The number of hydrogen-bond donors (Lipinski definition) is 1. The zero-order chi connectivity index (χ0) is 14.7. The zero-order valence-electron chi connectivity index (χ0n) is 11.7. The molecule has 1 aromatic carbocycles. The van der Waals surface area contributed by atoms with Gasteiger partial charge in [0.25, 0.3) is 0 Å². The van der Waals surface area contributed by atoms with E-state index in [1.165, 1.54) is 0 Å². The lowest BCUT2D eigenvalue weighted by Gasteiger charge is -2.08. The topological polar surface area (TPSA) is 51.8 Å². The molecule has 2 heterocycles. The van der Waals surface area contributed by atoms with E-state index in [9.17, 15) is 0 Å². The molecule has 2 aromatic heterocycles. The number of benzene rings is 1. The highest BCUT2D eigenvalue weighted by atomic mass is 32.1. The van der Waals surface area contributed by atoms with Gasteiger partial charge in [-0.15, -0.1) is 11.3 Å². The van der Waals surface area contributed by atoms with Crippen LogP contribution in [0.5, 0.6) is 0 Å². The van der Waals surface area contributed by atoms with Gasteiger partial charge in [0, 0.05) is 28.9 Å². The van der Waals surface area contributed by atoms with Gasteiger partial charge in [-0.05, 0) is 30.2 Å². The van der Waals surface area contributed by atoms with Crippen LogP contribution < -0.4 is 5.73 Å². The molecule has 0 fully saturated rings. The molecule has 4 heteroatoms. The van der Waals surface area contributed by atoms with Crippen molar-refractivity contribution in [3.05, 3.63) is 71.4 Å². The first kappa shape index (κ1) is 13.5. The van der Waals surface area contributed by atoms with Crippen LogP contribution in [0.4, 0.5) is 5.82 Å². The van der Waals surface area contributed by atoms with Crippen molar-refractivity contribution >= 4 is 22.7 Å². The quantitative estimate of drug-likeness (QED) is 0.786. The van der Waals surface area contributed by atoms with Crippen LogP contribution in [0, 0.1) is 0 Å². The Hall–Kier alpha value is -2.46. The lowest BCUT2D eigenvalue weighted by molar-refractivity contribution is 1.31. The highest BCUT2D eigenvalue weighted by molar-refractivity contribution is 7.13. The Morgan fingerprint density at radius 2 is 1.81 bits per heavy atom. The van der Waals surface area contributed by atoms with Gasteiger partial charge in [0.05, 0.1) is 0 Å². The maximum atomic E-state index is 5.64. The van der Waals surface area contributed by atoms with Gasteiger partial charge in [0.15, 0.2) is 0 Å². The fraction of sp³-hybridized carbons (Fsp3) is 0.0588. The third-order valence-corrected chi connectivity index (χ3v) is 4.08. The lowest BCUT2D eigenvalue weighted by atomic mass is 9.98. The molecule has 2 N–H and O–H groups in total. The lowest BCUT2D eigenvalue weighted by Crippen LogP contribution is -1.93. The van der Waals surface area contributed by atoms with Crippen LogP contribution in [-0.2, 0) is 0 Å². The van der Waals surface area contributed by atoms with E-state index in [0.717, 1.165) is 27.3 Å². The van der Waals surface area contributed by atoms with Gasteiger partial charge in [0.1, 0.15) is 10.8 Å². The SMILES string of the molecule is CC=C(c1ccc(-c2nccs2)cc1)c1ccc(N)nc1. The van der Waals surface area contributed by atoms with Gasteiger partial charge in [-0.25, -0.2) is 9.97 Å². The highest BCUT2D eigenvalue weighted by Gasteiger charge is 2.06. The summed E-state index contributed by atoms with van der Waals surface area (Å²) in [6.07, 6.45) is 5.72. The molecule has 0 saturated carbocycles. The second kappa shape index (κ2) is 5.89. The van der Waals surface area contributed by atoms with E-state index in [1.807, 2.05) is 30.6 Å². The molecule has 0 spiro atoms. The number of anilines is 1. The fourth-order valence-corrected chi connectivity index (χ4v) is 2.87. The predicted molar refractivity (Wildman–Crippen MR) is 89.0 cm³/mol. The predicted octanol–water partition coefficient (Wildman–Crippen LogP) is 4.24. The minimum atomic E-state index is 0.535. The second-order valence-corrected chi connectivity index (χ2v) is 5.48. The Morgan fingerprint density at radius 3 is 2.38 bits per heavy atom. The number of allylic oxidation sites excluding steroid dienone is 1. The van der Waals surface area contributed by atoms with Crippen LogP contribution in [-0.4, -0.2) is 9.97 Å². The summed E-state index contributed by atoms with van der Waals surface area (Å²) in [7, 11) is 0. The molecule has 3 nitrogen and oxygen atoms in total. The monoisotopic (exact) mass is 293 g/mol. The molecule has 0 unspecified atom stereocenters. The first-order valence-corrected chi connectivity index (χ1v) is 7.54. The maximum Gasteiger partial charge on any atom is 0.123 e. The summed E-state index contributed by atoms with van der Waals surface area (Å²) in [5.74, 6) is 0.535. The molecule has 0 bridgehead atoms. The van der Waals surface area contributed by atoms with Crippen molar-refractivity contribution in [1.82, 2.24) is 9.97 Å². The molecule has 104 valence electrons. The van der Waals surface area contributed by atoms with Crippen molar-refractivity contribution in [2.45, 2.75) is 6.92 Å². The smallest absolute Gasteiger partial charge is 0.123 e. The third-order valence-electron chi connectivity index (χ3n) is 3.26. The van der Waals surface area contributed by atoms with Crippen molar-refractivity contribution in [2.24, 2.45) is 0 Å². The summed E-state index contributed by atoms with van der Waals surface area (Å²) in [4.78, 5) is 8.49. The van der Waals surface area contributed by atoms with Gasteiger partial charge in [-0.2, -0.15) is 0 Å². The summed E-state index contributed by atoms with van der Waals surface area (Å²) in [5, 5.41) is 3.03. The van der Waals surface area contributed by atoms with E-state index in [1.54, 1.807) is 17.5 Å². The van der Waals surface area contributed by atoms with Gasteiger partial charge >= 0.3 is 0 Å². The molecule has 3 rings (SSSR count). The first-order valence-electron chi connectivity index (χ1n) is 6.66. The van der Waals surface area contributed by atoms with Crippen LogP contribution in [0.1, 0.15) is 18.1 Å². The maximum absolute atomic E-state index is 5.64. The molecule has 21 heavy (non-hydrogen) atoms. The van der Waals surface area contributed by atoms with E-state index in [-0.39, 0.29) is 0 Å². The highest BCUT2D eigenvalue weighted by Crippen LogP contribution is 2.27. The Morgan fingerprint density at radius 1 is 1.05 bits per heavy atom. The summed E-state index contributed by atoms with van der Waals surface area (Å²) in [5.41, 5.74) is 10.2. The van der Waals surface area contributed by atoms with Crippen LogP contribution in [0.15, 0.2) is 60.2 Å². The summed E-state index contributed by atoms with van der Waals surface area (Å²) >= 11 is 1.64. The van der Waals surface area contributed by atoms with E-state index >= 15 is 0 Å². The molecule has 0 radical (unpaired) electrons. The van der Waals surface area contributed by atoms with Crippen molar-refractivity contribution in [1.29, 1.82) is 0 Å². The molecular formula is C17H15N3S. The minimum Gasteiger partial charge on any atom is -0.384 e. The molecule has 0 aliphatic rings. The molecule has 0 amide bonds. The standard InChI is InChI=1S/C17H15N3S/c1-2-15(14-7-8-16(18)20-11-14)12-3-5-13(6-4-12)17-19-9-10-21-17/h2-11H,1H3,(H2,18,20). The van der Waals surface area contributed by atoms with Gasteiger partial charge in [-0.3, -0.25) is 0 Å². The average Bonchev–Trinajstić information content (AvgIpc) is 3.05. The number of nitrogen functional groups attached to an aromatic ring is 1. The Kier molecular flexibility index (Phi) is 3.79. The number of nitrogens with zero attached hydrogens (tertiary/aromatic N) is 2. The number of nitrogens with two attached hydrogens (primary N) is 1. The van der Waals surface area contributed by atoms with Gasteiger partial charge in [-0.1, -0.05) is 30.3 Å². The van der Waals surface area contributed by atoms with E-state index in [4.69, 9.17) is 5.73 Å². The number of pyridine rings is 1. The molecule has 0 aliphatic carbocycles. The third kappa shape index (κ3) is 2.85. The van der Waals surface area contributed by atoms with E-state index in [2.05, 4.69) is 40.3 Å². The Labute approximate surface area is 127 Å². The number of aromatic nitrogens is 2. The normalized spacial score (nSPS) is 11.6. The van der Waals surface area contributed by atoms with E-state index < -0.39 is 0 Å². The van der Waals surface area contributed by atoms with Crippen molar-refractivity contribution in [3.63, 3.8) is 0 Å². The van der Waals surface area contributed by atoms with Gasteiger partial charge in [0.2, 0.25) is 0 Å². The molecule has 0 atom stereocenters. The number of hydrogen-bond acceptors (Lipinski definition) is 4. The zero-order valence-corrected chi connectivity index (χ0v) is 12.5. The Balaban J connectivity index is 1.93. The summed E-state index contributed by atoms with van der Waals surface area (Å²) in [6.45, 7) is 2.03. The van der Waals surface area contributed by atoms with Gasteiger partial charge < -0.3 is 5.73 Å². The number of thiazole rings is 1. The molecular weight excluding hydrogens is 278 g/mol.